The molecule has 0 unspecified atom stereocenters. The number of carbonyl (C=O) groups excluding carboxylic acids is 2. The van der Waals surface area contributed by atoms with Crippen LogP contribution in [0.4, 0.5) is 0 Å². The van der Waals surface area contributed by atoms with Crippen LogP contribution in [-0.2, 0) is 14.3 Å². The first-order valence-electron chi connectivity index (χ1n) is 6.15. The maximum absolute atomic E-state index is 11.8. The van der Waals surface area contributed by atoms with Gasteiger partial charge in [-0.05, 0) is 30.7 Å². The second-order valence-electron chi connectivity index (χ2n) is 4.07. The fourth-order valence-electron chi connectivity index (χ4n) is 1.44. The van der Waals surface area contributed by atoms with E-state index in [1.54, 1.807) is 37.3 Å². The third-order valence-corrected chi connectivity index (χ3v) is 2.51. The van der Waals surface area contributed by atoms with E-state index >= 15 is 0 Å². The van der Waals surface area contributed by atoms with Crippen molar-refractivity contribution in [1.82, 2.24) is 4.90 Å². The minimum absolute atomic E-state index is 0.0790. The van der Waals surface area contributed by atoms with Crippen LogP contribution in [0, 0.1) is 11.3 Å². The van der Waals surface area contributed by atoms with Crippen molar-refractivity contribution in [3.05, 3.63) is 41.5 Å². The van der Waals surface area contributed by atoms with Crippen LogP contribution in [0.25, 0.3) is 6.08 Å². The molecule has 104 valence electrons. The van der Waals surface area contributed by atoms with E-state index in [0.29, 0.717) is 12.2 Å². The Balaban J connectivity index is 2.58. The average molecular weight is 272 g/mol. The fraction of sp³-hybridized carbons (Fsp3) is 0.267. The summed E-state index contributed by atoms with van der Waals surface area (Å²) in [7, 11) is 1.53. The van der Waals surface area contributed by atoms with Gasteiger partial charge in [-0.2, -0.15) is 5.26 Å². The van der Waals surface area contributed by atoms with Gasteiger partial charge in [0.15, 0.2) is 0 Å². The van der Waals surface area contributed by atoms with Crippen molar-refractivity contribution < 1.29 is 14.3 Å². The molecule has 0 aliphatic heterocycles. The van der Waals surface area contributed by atoms with Gasteiger partial charge in [-0.1, -0.05) is 12.1 Å². The van der Waals surface area contributed by atoms with Crippen LogP contribution < -0.4 is 0 Å². The van der Waals surface area contributed by atoms with Crippen LogP contribution in [0.1, 0.15) is 18.1 Å². The first kappa shape index (κ1) is 15.4. The molecule has 0 radical (unpaired) electrons. The van der Waals surface area contributed by atoms with Gasteiger partial charge in [0.05, 0.1) is 18.2 Å². The molecule has 0 aliphatic rings. The van der Waals surface area contributed by atoms with Gasteiger partial charge in [0, 0.05) is 13.1 Å². The molecule has 1 aromatic carbocycles. The summed E-state index contributed by atoms with van der Waals surface area (Å²) in [5.74, 6) is -0.725. The number of nitriles is 1. The molecule has 0 bridgehead atoms. The predicted molar refractivity (Wildman–Crippen MR) is 74.5 cm³/mol. The summed E-state index contributed by atoms with van der Waals surface area (Å²) in [6.45, 7) is 1.93. The normalized spacial score (nSPS) is 10.1. The van der Waals surface area contributed by atoms with E-state index in [0.717, 1.165) is 5.56 Å². The Hall–Kier alpha value is -2.61. The van der Waals surface area contributed by atoms with Gasteiger partial charge in [0.25, 0.3) is 0 Å². The lowest BCUT2D eigenvalue weighted by molar-refractivity contribution is -0.146. The average Bonchev–Trinajstić information content (AvgIpc) is 2.45. The molecule has 1 amide bonds. The number of carbonyl (C=O) groups is 2. The first-order chi connectivity index (χ1) is 9.56. The molecule has 0 heterocycles. The molecule has 0 fully saturated rings. The number of ether oxygens (including phenoxy) is 1. The van der Waals surface area contributed by atoms with Crippen molar-refractivity contribution >= 4 is 18.0 Å². The van der Waals surface area contributed by atoms with E-state index < -0.39 is 5.97 Å². The smallest absolute Gasteiger partial charge is 0.325 e. The molecule has 0 atom stereocenters. The molecular weight excluding hydrogens is 256 g/mol. The minimum atomic E-state index is -0.435. The number of hydrogen-bond acceptors (Lipinski definition) is 4. The maximum Gasteiger partial charge on any atom is 0.325 e. The molecule has 0 saturated carbocycles. The van der Waals surface area contributed by atoms with Crippen LogP contribution >= 0.6 is 0 Å². The molecule has 0 N–H and O–H groups in total. The van der Waals surface area contributed by atoms with Crippen molar-refractivity contribution in [3.8, 4) is 6.07 Å². The summed E-state index contributed by atoms with van der Waals surface area (Å²) in [6.07, 6.45) is 3.01. The number of rotatable bonds is 5. The first-order valence-corrected chi connectivity index (χ1v) is 6.15. The molecule has 0 aliphatic carbocycles. The molecule has 0 spiro atoms. The van der Waals surface area contributed by atoms with E-state index in [-0.39, 0.29) is 12.5 Å². The summed E-state index contributed by atoms with van der Waals surface area (Å²) < 4.78 is 4.76. The lowest BCUT2D eigenvalue weighted by Gasteiger charge is -2.13. The number of amides is 1. The SMILES string of the molecule is CCOC(=O)CN(C)C(=O)C=Cc1ccc(C#N)cc1. The Morgan fingerprint density at radius 2 is 2.00 bits per heavy atom. The van der Waals surface area contributed by atoms with Crippen molar-refractivity contribution in [3.63, 3.8) is 0 Å². The number of likely N-dealkylation sites (N-methyl/N-ethyl adjacent to an activating group) is 1. The Labute approximate surface area is 118 Å². The van der Waals surface area contributed by atoms with Crippen molar-refractivity contribution in [2.75, 3.05) is 20.2 Å². The highest BCUT2D eigenvalue weighted by Gasteiger charge is 2.10. The Morgan fingerprint density at radius 1 is 1.35 bits per heavy atom. The second kappa shape index (κ2) is 7.74. The molecule has 0 aromatic heterocycles. The largest absolute Gasteiger partial charge is 0.465 e. The third-order valence-electron chi connectivity index (χ3n) is 2.51. The molecule has 0 saturated heterocycles. The highest BCUT2D eigenvalue weighted by Crippen LogP contribution is 2.05. The molecule has 1 rings (SSSR count). The van der Waals surface area contributed by atoms with Gasteiger partial charge in [-0.25, -0.2) is 0 Å². The number of nitrogens with zero attached hydrogens (tertiary/aromatic N) is 2. The zero-order valence-electron chi connectivity index (χ0n) is 11.5. The van der Waals surface area contributed by atoms with Gasteiger partial charge in [0.1, 0.15) is 6.54 Å². The topological polar surface area (TPSA) is 70.4 Å². The van der Waals surface area contributed by atoms with E-state index in [1.165, 1.54) is 18.0 Å². The highest BCUT2D eigenvalue weighted by molar-refractivity contribution is 5.93. The predicted octanol–water partition coefficient (Wildman–Crippen LogP) is 1.59. The lowest BCUT2D eigenvalue weighted by atomic mass is 10.1. The van der Waals surface area contributed by atoms with Gasteiger partial charge in [0.2, 0.25) is 5.91 Å². The third kappa shape index (κ3) is 4.94. The van der Waals surface area contributed by atoms with Gasteiger partial charge >= 0.3 is 5.97 Å². The second-order valence-corrected chi connectivity index (χ2v) is 4.07. The number of hydrogen-bond donors (Lipinski definition) is 0. The van der Waals surface area contributed by atoms with Crippen molar-refractivity contribution in [1.29, 1.82) is 5.26 Å². The standard InChI is InChI=1S/C15H16N2O3/c1-3-20-15(19)11-17(2)14(18)9-8-12-4-6-13(10-16)7-5-12/h4-9H,3,11H2,1-2H3. The summed E-state index contributed by atoms with van der Waals surface area (Å²) in [6, 6.07) is 8.85. The van der Waals surface area contributed by atoms with E-state index in [2.05, 4.69) is 0 Å². The van der Waals surface area contributed by atoms with Crippen LogP contribution in [0.5, 0.6) is 0 Å². The molecule has 5 nitrogen and oxygen atoms in total. The maximum atomic E-state index is 11.8. The van der Waals surface area contributed by atoms with E-state index in [4.69, 9.17) is 10.00 Å². The summed E-state index contributed by atoms with van der Waals surface area (Å²) in [4.78, 5) is 24.3. The van der Waals surface area contributed by atoms with E-state index in [9.17, 15) is 9.59 Å². The van der Waals surface area contributed by atoms with Crippen molar-refractivity contribution in [2.45, 2.75) is 6.92 Å². The van der Waals surface area contributed by atoms with Crippen LogP contribution in [0.15, 0.2) is 30.3 Å². The molecule has 5 heteroatoms. The quantitative estimate of drug-likeness (QED) is 0.603. The summed E-state index contributed by atoms with van der Waals surface area (Å²) >= 11 is 0. The van der Waals surface area contributed by atoms with E-state index in [1.807, 2.05) is 6.07 Å². The zero-order chi connectivity index (χ0) is 15.0. The van der Waals surface area contributed by atoms with Crippen molar-refractivity contribution in [2.24, 2.45) is 0 Å². The van der Waals surface area contributed by atoms with Gasteiger partial charge in [-0.15, -0.1) is 0 Å². The summed E-state index contributed by atoms with van der Waals surface area (Å²) in [5, 5.41) is 8.67. The van der Waals surface area contributed by atoms with Crippen LogP contribution in [0.2, 0.25) is 0 Å². The Kier molecular flexibility index (Phi) is 5.98. The van der Waals surface area contributed by atoms with Crippen LogP contribution in [0.3, 0.4) is 0 Å². The summed E-state index contributed by atoms with van der Waals surface area (Å²) in [5.41, 5.74) is 1.37. The molecule has 1 aromatic rings. The lowest BCUT2D eigenvalue weighted by Crippen LogP contribution is -2.31. The van der Waals surface area contributed by atoms with Gasteiger partial charge in [-0.3, -0.25) is 9.59 Å². The Bertz CT molecular complexity index is 541. The molecule has 20 heavy (non-hydrogen) atoms. The Morgan fingerprint density at radius 3 is 2.55 bits per heavy atom. The van der Waals surface area contributed by atoms with Gasteiger partial charge < -0.3 is 9.64 Å². The fourth-order valence-corrected chi connectivity index (χ4v) is 1.44. The number of benzene rings is 1. The number of esters is 1. The zero-order valence-corrected chi connectivity index (χ0v) is 11.5. The minimum Gasteiger partial charge on any atom is -0.465 e. The highest BCUT2D eigenvalue weighted by atomic mass is 16.5. The molecular formula is C15H16N2O3. The van der Waals surface area contributed by atoms with Crippen LogP contribution in [-0.4, -0.2) is 37.0 Å². The monoisotopic (exact) mass is 272 g/mol.